The molecule has 1 aromatic heterocycles. The monoisotopic (exact) mass is 247 g/mol. The Morgan fingerprint density at radius 3 is 2.29 bits per heavy atom. The van der Waals surface area contributed by atoms with E-state index >= 15 is 0 Å². The molecule has 17 heavy (non-hydrogen) atoms. The van der Waals surface area contributed by atoms with Crippen LogP contribution in [0.5, 0.6) is 5.75 Å². The van der Waals surface area contributed by atoms with Gasteiger partial charge in [0.05, 0.1) is 0 Å². The molecule has 0 bridgehead atoms. The number of alkyl halides is 3. The summed E-state index contributed by atoms with van der Waals surface area (Å²) in [6.45, 7) is 0. The SMILES string of the molecule is O=C(O)C(F)(F)F.Oc1cccc2[nH]ccc12. The number of hydrogen-bond acceptors (Lipinski definition) is 2. The third-order valence-corrected chi connectivity index (χ3v) is 1.81. The van der Waals surface area contributed by atoms with E-state index in [1.807, 2.05) is 24.4 Å². The molecule has 7 heteroatoms. The molecular weight excluding hydrogens is 239 g/mol. The summed E-state index contributed by atoms with van der Waals surface area (Å²) in [4.78, 5) is 11.9. The Balaban J connectivity index is 0.000000185. The van der Waals surface area contributed by atoms with Gasteiger partial charge in [-0.25, -0.2) is 4.79 Å². The number of halogens is 3. The van der Waals surface area contributed by atoms with E-state index in [-0.39, 0.29) is 0 Å². The van der Waals surface area contributed by atoms with E-state index in [2.05, 4.69) is 4.98 Å². The molecule has 3 N–H and O–H groups in total. The van der Waals surface area contributed by atoms with Crippen LogP contribution in [0.25, 0.3) is 10.9 Å². The lowest BCUT2D eigenvalue weighted by atomic mass is 10.2. The first kappa shape index (κ1) is 12.9. The van der Waals surface area contributed by atoms with Gasteiger partial charge in [-0.1, -0.05) is 6.07 Å². The number of aromatic hydroxyl groups is 1. The van der Waals surface area contributed by atoms with Crippen molar-refractivity contribution < 1.29 is 28.2 Å². The predicted octanol–water partition coefficient (Wildman–Crippen LogP) is 2.51. The lowest BCUT2D eigenvalue weighted by molar-refractivity contribution is -0.192. The Bertz CT molecular complexity index is 519. The molecule has 0 atom stereocenters. The van der Waals surface area contributed by atoms with Gasteiger partial charge in [-0.3, -0.25) is 0 Å². The highest BCUT2D eigenvalue weighted by Crippen LogP contribution is 2.22. The van der Waals surface area contributed by atoms with E-state index in [9.17, 15) is 18.3 Å². The van der Waals surface area contributed by atoms with Crippen LogP contribution in [-0.4, -0.2) is 27.3 Å². The number of fused-ring (bicyclic) bond motifs is 1. The van der Waals surface area contributed by atoms with Crippen molar-refractivity contribution in [2.24, 2.45) is 0 Å². The van der Waals surface area contributed by atoms with Gasteiger partial charge >= 0.3 is 12.1 Å². The van der Waals surface area contributed by atoms with Gasteiger partial charge < -0.3 is 15.2 Å². The van der Waals surface area contributed by atoms with E-state index in [1.165, 1.54) is 0 Å². The largest absolute Gasteiger partial charge is 0.507 e. The van der Waals surface area contributed by atoms with Crippen LogP contribution in [0, 0.1) is 0 Å². The average Bonchev–Trinajstić information content (AvgIpc) is 2.66. The molecule has 0 aliphatic carbocycles. The van der Waals surface area contributed by atoms with Crippen molar-refractivity contribution in [2.45, 2.75) is 6.18 Å². The lowest BCUT2D eigenvalue weighted by Gasteiger charge is -1.93. The molecule has 0 unspecified atom stereocenters. The van der Waals surface area contributed by atoms with Gasteiger partial charge in [-0.05, 0) is 18.2 Å². The van der Waals surface area contributed by atoms with E-state index in [1.54, 1.807) is 6.07 Å². The molecule has 0 radical (unpaired) electrons. The van der Waals surface area contributed by atoms with Crippen LogP contribution in [0.2, 0.25) is 0 Å². The van der Waals surface area contributed by atoms with E-state index < -0.39 is 12.1 Å². The predicted molar refractivity (Wildman–Crippen MR) is 53.7 cm³/mol. The number of hydrogen-bond donors (Lipinski definition) is 3. The van der Waals surface area contributed by atoms with Gasteiger partial charge in [0.1, 0.15) is 5.75 Å². The number of phenols is 1. The molecule has 0 spiro atoms. The molecule has 1 heterocycles. The van der Waals surface area contributed by atoms with Crippen LogP contribution in [0.4, 0.5) is 13.2 Å². The molecular formula is C10H8F3NO3. The minimum Gasteiger partial charge on any atom is -0.507 e. The first-order valence-electron chi connectivity index (χ1n) is 4.37. The number of nitrogens with one attached hydrogen (secondary N) is 1. The molecule has 4 nitrogen and oxygen atoms in total. The number of carboxylic acids is 1. The number of rotatable bonds is 0. The Labute approximate surface area is 93.3 Å². The number of benzene rings is 1. The smallest absolute Gasteiger partial charge is 0.490 e. The van der Waals surface area contributed by atoms with Crippen LogP contribution >= 0.6 is 0 Å². The molecule has 0 saturated heterocycles. The maximum atomic E-state index is 10.6. The van der Waals surface area contributed by atoms with Crippen molar-refractivity contribution in [3.05, 3.63) is 30.5 Å². The van der Waals surface area contributed by atoms with E-state index in [0.29, 0.717) is 5.75 Å². The van der Waals surface area contributed by atoms with Crippen LogP contribution in [0.3, 0.4) is 0 Å². The third-order valence-electron chi connectivity index (χ3n) is 1.81. The summed E-state index contributed by atoms with van der Waals surface area (Å²) < 4.78 is 31.7. The van der Waals surface area contributed by atoms with Gasteiger partial charge in [0.2, 0.25) is 0 Å². The van der Waals surface area contributed by atoms with Crippen molar-refractivity contribution in [3.8, 4) is 5.75 Å². The zero-order chi connectivity index (χ0) is 13.1. The number of H-pyrrole nitrogens is 1. The Morgan fingerprint density at radius 1 is 1.24 bits per heavy atom. The zero-order valence-electron chi connectivity index (χ0n) is 8.32. The molecule has 0 saturated carbocycles. The average molecular weight is 247 g/mol. The minimum absolute atomic E-state index is 0.332. The van der Waals surface area contributed by atoms with Gasteiger partial charge in [0.25, 0.3) is 0 Å². The van der Waals surface area contributed by atoms with Crippen molar-refractivity contribution in [2.75, 3.05) is 0 Å². The van der Waals surface area contributed by atoms with Crippen LogP contribution in [0.1, 0.15) is 0 Å². The summed E-state index contributed by atoms with van der Waals surface area (Å²) in [5.41, 5.74) is 0.972. The summed E-state index contributed by atoms with van der Waals surface area (Å²) >= 11 is 0. The van der Waals surface area contributed by atoms with Crippen LogP contribution in [-0.2, 0) is 4.79 Å². The number of aromatic amines is 1. The second-order valence-corrected chi connectivity index (χ2v) is 3.02. The number of phenolic OH excluding ortho intramolecular Hbond substituents is 1. The number of carbonyl (C=O) groups is 1. The molecule has 0 aliphatic heterocycles. The van der Waals surface area contributed by atoms with Gasteiger partial charge in [0.15, 0.2) is 0 Å². The molecule has 0 fully saturated rings. The quantitative estimate of drug-likeness (QED) is 0.669. The molecule has 0 amide bonds. The lowest BCUT2D eigenvalue weighted by Crippen LogP contribution is -2.21. The van der Waals surface area contributed by atoms with Gasteiger partial charge in [0, 0.05) is 17.1 Å². The number of carboxylic acid groups (broad SMARTS) is 1. The zero-order valence-corrected chi connectivity index (χ0v) is 8.32. The van der Waals surface area contributed by atoms with Crippen molar-refractivity contribution in [1.82, 2.24) is 4.98 Å². The summed E-state index contributed by atoms with van der Waals surface area (Å²) in [6.07, 6.45) is -3.27. The van der Waals surface area contributed by atoms with E-state index in [0.717, 1.165) is 10.9 Å². The molecule has 0 aliphatic rings. The third kappa shape index (κ3) is 3.40. The molecule has 1 aromatic carbocycles. The second kappa shape index (κ2) is 4.77. The summed E-state index contributed by atoms with van der Waals surface area (Å²) in [6, 6.07) is 7.27. The molecule has 92 valence electrons. The van der Waals surface area contributed by atoms with Gasteiger partial charge in [-0.2, -0.15) is 13.2 Å². The first-order chi connectivity index (χ1) is 7.82. The van der Waals surface area contributed by atoms with Gasteiger partial charge in [-0.15, -0.1) is 0 Å². The van der Waals surface area contributed by atoms with Crippen molar-refractivity contribution >= 4 is 16.9 Å². The highest BCUT2D eigenvalue weighted by molar-refractivity contribution is 5.85. The standard InChI is InChI=1S/C8H7NO.C2HF3O2/c10-8-3-1-2-7-6(8)4-5-9-7;3-2(4,5)1(6)7/h1-5,9-10H;(H,6,7). The number of aromatic nitrogens is 1. The topological polar surface area (TPSA) is 73.3 Å². The Morgan fingerprint density at radius 2 is 1.82 bits per heavy atom. The highest BCUT2D eigenvalue weighted by Gasteiger charge is 2.38. The van der Waals surface area contributed by atoms with Crippen molar-refractivity contribution in [1.29, 1.82) is 0 Å². The summed E-state index contributed by atoms with van der Waals surface area (Å²) in [5, 5.41) is 17.2. The fourth-order valence-electron chi connectivity index (χ4n) is 1.07. The van der Waals surface area contributed by atoms with Crippen LogP contribution < -0.4 is 0 Å². The van der Waals surface area contributed by atoms with Crippen molar-refractivity contribution in [3.63, 3.8) is 0 Å². The summed E-state index contributed by atoms with van der Waals surface area (Å²) in [7, 11) is 0. The van der Waals surface area contributed by atoms with Crippen LogP contribution in [0.15, 0.2) is 30.5 Å². The highest BCUT2D eigenvalue weighted by atomic mass is 19.4. The normalized spacial score (nSPS) is 10.8. The Hall–Kier alpha value is -2.18. The first-order valence-corrected chi connectivity index (χ1v) is 4.37. The minimum atomic E-state index is -5.08. The van der Waals surface area contributed by atoms with E-state index in [4.69, 9.17) is 9.90 Å². The Kier molecular flexibility index (Phi) is 3.62. The maximum Gasteiger partial charge on any atom is 0.490 e. The fourth-order valence-corrected chi connectivity index (χ4v) is 1.07. The number of aliphatic carboxylic acids is 1. The fraction of sp³-hybridized carbons (Fsp3) is 0.100. The maximum absolute atomic E-state index is 10.6. The summed E-state index contributed by atoms with van der Waals surface area (Å²) in [5.74, 6) is -2.42. The second-order valence-electron chi connectivity index (χ2n) is 3.02. The molecule has 2 aromatic rings. The molecule has 2 rings (SSSR count).